The van der Waals surface area contributed by atoms with Crippen LogP contribution < -0.4 is 0 Å². The molecule has 0 bridgehead atoms. The molecule has 5 nitrogen and oxygen atoms in total. The van der Waals surface area contributed by atoms with Gasteiger partial charge in [-0.2, -0.15) is 31.3 Å². The van der Waals surface area contributed by atoms with E-state index in [0.717, 1.165) is 19.3 Å². The van der Waals surface area contributed by atoms with Crippen molar-refractivity contribution < 1.29 is 66.7 Å². The minimum atomic E-state index is -6.09. The van der Waals surface area contributed by atoms with E-state index in [1.807, 2.05) is 6.92 Å². The molecule has 0 rings (SSSR count). The SMILES string of the molecule is CCCC(CC)OCF.FCC(F)(F)F.FCOF.O=S(=O)([O-])C(F)(F)F. The molecule has 0 radical (unpaired) electrons. The fraction of sp³-hybridized carbons (Fsp3) is 1.00. The van der Waals surface area contributed by atoms with Crippen LogP contribution in [0.3, 0.4) is 0 Å². The zero-order valence-electron chi connectivity index (χ0n) is 14.0. The number of rotatable bonds is 6. The van der Waals surface area contributed by atoms with Gasteiger partial charge in [-0.1, -0.05) is 20.3 Å². The third-order valence-electron chi connectivity index (χ3n) is 1.84. The summed E-state index contributed by atoms with van der Waals surface area (Å²) in [6.07, 6.45) is -1.53. The van der Waals surface area contributed by atoms with Gasteiger partial charge in [0, 0.05) is 0 Å². The average Bonchev–Trinajstić information content (AvgIpc) is 2.53. The minimum Gasteiger partial charge on any atom is -0.741 e. The second kappa shape index (κ2) is 18.5. The van der Waals surface area contributed by atoms with Gasteiger partial charge in [0.15, 0.2) is 23.7 Å². The van der Waals surface area contributed by atoms with Crippen LogP contribution >= 0.6 is 0 Å². The van der Waals surface area contributed by atoms with Crippen LogP contribution in [0.5, 0.6) is 0 Å². The Morgan fingerprint density at radius 3 is 1.41 bits per heavy atom. The van der Waals surface area contributed by atoms with E-state index in [1.54, 1.807) is 0 Å². The Bertz CT molecular complexity index is 391. The Morgan fingerprint density at radius 2 is 1.30 bits per heavy atom. The van der Waals surface area contributed by atoms with Crippen molar-refractivity contribution in [3.05, 3.63) is 0 Å². The first-order valence-electron chi connectivity index (χ1n) is 6.69. The molecular formula is C11H19F10O5S-. The summed E-state index contributed by atoms with van der Waals surface area (Å²) in [6.45, 7) is -0.133. The van der Waals surface area contributed by atoms with Crippen molar-refractivity contribution in [2.75, 3.05) is 20.4 Å². The van der Waals surface area contributed by atoms with Gasteiger partial charge in [-0.3, -0.25) is 0 Å². The van der Waals surface area contributed by atoms with Gasteiger partial charge >= 0.3 is 11.7 Å². The van der Waals surface area contributed by atoms with Crippen LogP contribution in [0.25, 0.3) is 0 Å². The van der Waals surface area contributed by atoms with Crippen LogP contribution in [0.4, 0.5) is 44.0 Å². The van der Waals surface area contributed by atoms with E-state index in [0.29, 0.717) is 0 Å². The number of alkyl halides is 9. The predicted octanol–water partition coefficient (Wildman–Crippen LogP) is 4.89. The van der Waals surface area contributed by atoms with Crippen LogP contribution in [0.15, 0.2) is 0 Å². The third kappa shape index (κ3) is 33.2. The molecule has 1 atom stereocenters. The van der Waals surface area contributed by atoms with E-state index in [1.165, 1.54) is 0 Å². The second-order valence-electron chi connectivity index (χ2n) is 3.96. The highest BCUT2D eigenvalue weighted by Gasteiger charge is 2.36. The summed E-state index contributed by atoms with van der Waals surface area (Å²) in [6, 6.07) is 0. The first-order valence-corrected chi connectivity index (χ1v) is 8.10. The van der Waals surface area contributed by atoms with Gasteiger partial charge in [0.2, 0.25) is 6.86 Å². The molecule has 0 aliphatic rings. The number of halogens is 10. The standard InChI is InChI=1S/C7H15FO.C2H2F4.CHF3O3S.CH2F2O/c1-3-5-7(4-2)9-6-8;3-1-2(4,5)6;2-1(3,4)8(5,6)7;2-1-4-3/h7H,3-6H2,1-2H3;1H2;(H,5,6,7);1H2/p-1. The molecule has 0 amide bonds. The summed E-state index contributed by atoms with van der Waals surface area (Å²) in [4.78, 5) is 2.38. The van der Waals surface area contributed by atoms with Gasteiger partial charge < -0.3 is 9.29 Å². The lowest BCUT2D eigenvalue weighted by Gasteiger charge is -2.10. The molecule has 0 spiro atoms. The Hall–Kier alpha value is -0.870. The van der Waals surface area contributed by atoms with Crippen molar-refractivity contribution in [3.63, 3.8) is 0 Å². The number of hydrogen-bond donors (Lipinski definition) is 0. The van der Waals surface area contributed by atoms with E-state index in [4.69, 9.17) is 17.7 Å². The molecule has 0 aromatic carbocycles. The molecule has 0 heterocycles. The molecule has 0 aromatic heterocycles. The molecule has 0 aliphatic carbocycles. The maximum absolute atomic E-state index is 11.5. The van der Waals surface area contributed by atoms with Crippen LogP contribution in [-0.2, 0) is 19.8 Å². The maximum atomic E-state index is 11.5. The summed E-state index contributed by atoms with van der Waals surface area (Å²) in [5.74, 6) is 0. The van der Waals surface area contributed by atoms with E-state index in [-0.39, 0.29) is 6.10 Å². The first kappa shape index (κ1) is 33.7. The van der Waals surface area contributed by atoms with Crippen molar-refractivity contribution >= 4 is 10.1 Å². The smallest absolute Gasteiger partial charge is 0.485 e. The maximum Gasteiger partial charge on any atom is 0.485 e. The zero-order chi connectivity index (χ0) is 22.7. The lowest BCUT2D eigenvalue weighted by atomic mass is 10.2. The van der Waals surface area contributed by atoms with E-state index in [9.17, 15) is 44.0 Å². The van der Waals surface area contributed by atoms with Crippen molar-refractivity contribution in [1.29, 1.82) is 0 Å². The van der Waals surface area contributed by atoms with Crippen molar-refractivity contribution in [3.8, 4) is 0 Å². The van der Waals surface area contributed by atoms with E-state index in [2.05, 4.69) is 11.9 Å². The summed E-state index contributed by atoms with van der Waals surface area (Å²) in [7, 11) is -6.09. The lowest BCUT2D eigenvalue weighted by Crippen LogP contribution is -2.21. The molecule has 16 heteroatoms. The molecule has 0 fully saturated rings. The monoisotopic (exact) mass is 453 g/mol. The largest absolute Gasteiger partial charge is 0.741 e. The van der Waals surface area contributed by atoms with E-state index >= 15 is 0 Å². The van der Waals surface area contributed by atoms with Gasteiger partial charge in [0.1, 0.15) is 0 Å². The van der Waals surface area contributed by atoms with Crippen LogP contribution in [0.1, 0.15) is 33.1 Å². The fourth-order valence-corrected chi connectivity index (χ4v) is 0.816. The quantitative estimate of drug-likeness (QED) is 0.325. The van der Waals surface area contributed by atoms with Crippen LogP contribution in [0, 0.1) is 0 Å². The minimum absolute atomic E-state index is 0.139. The van der Waals surface area contributed by atoms with Crippen molar-refractivity contribution in [1.82, 2.24) is 0 Å². The molecule has 27 heavy (non-hydrogen) atoms. The van der Waals surface area contributed by atoms with Crippen molar-refractivity contribution in [2.45, 2.75) is 50.9 Å². The summed E-state index contributed by atoms with van der Waals surface area (Å²) >= 11 is 0. The number of ether oxygens (including phenoxy) is 1. The Morgan fingerprint density at radius 1 is 0.963 bits per heavy atom. The van der Waals surface area contributed by atoms with Gasteiger partial charge in [-0.25, -0.2) is 21.6 Å². The predicted molar refractivity (Wildman–Crippen MR) is 72.0 cm³/mol. The molecule has 0 aliphatic heterocycles. The second-order valence-corrected chi connectivity index (χ2v) is 5.33. The van der Waals surface area contributed by atoms with Crippen LogP contribution in [0.2, 0.25) is 0 Å². The molecule has 0 saturated carbocycles. The Labute approximate surface area is 149 Å². The normalized spacial score (nSPS) is 12.5. The highest BCUT2D eigenvalue weighted by molar-refractivity contribution is 7.86. The average molecular weight is 453 g/mol. The van der Waals surface area contributed by atoms with Gasteiger partial charge in [-0.15, -0.1) is 0 Å². The summed E-state index contributed by atoms with van der Waals surface area (Å²) in [5, 5.41) is 0. The Balaban J connectivity index is -0.000000136. The van der Waals surface area contributed by atoms with Gasteiger partial charge in [0.25, 0.3) is 0 Å². The number of hydrogen-bond acceptors (Lipinski definition) is 5. The molecular weight excluding hydrogens is 434 g/mol. The molecule has 170 valence electrons. The Kier molecular flexibility index (Phi) is 23.1. The molecule has 0 N–H and O–H groups in total. The topological polar surface area (TPSA) is 75.7 Å². The fourth-order valence-electron chi connectivity index (χ4n) is 0.816. The summed E-state index contributed by atoms with van der Waals surface area (Å²) in [5.41, 5.74) is -5.65. The highest BCUT2D eigenvalue weighted by atomic mass is 32.2. The van der Waals surface area contributed by atoms with Gasteiger partial charge in [-0.05, 0) is 17.4 Å². The molecule has 0 saturated heterocycles. The van der Waals surface area contributed by atoms with Gasteiger partial charge in [0.05, 0.1) is 6.10 Å². The first-order chi connectivity index (χ1) is 12.1. The lowest BCUT2D eigenvalue weighted by molar-refractivity contribution is -0.167. The van der Waals surface area contributed by atoms with E-state index < -0.39 is 42.2 Å². The summed E-state index contributed by atoms with van der Waals surface area (Å²) < 4.78 is 137. The third-order valence-corrected chi connectivity index (χ3v) is 2.41. The zero-order valence-corrected chi connectivity index (χ0v) is 14.9. The molecule has 1 unspecified atom stereocenters. The molecule has 0 aromatic rings. The highest BCUT2D eigenvalue weighted by Crippen LogP contribution is 2.20. The van der Waals surface area contributed by atoms with Crippen molar-refractivity contribution in [2.24, 2.45) is 0 Å². The van der Waals surface area contributed by atoms with Crippen LogP contribution in [-0.4, -0.2) is 51.2 Å².